The lowest BCUT2D eigenvalue weighted by atomic mass is 9.87. The van der Waals surface area contributed by atoms with Crippen LogP contribution in [0.1, 0.15) is 31.6 Å². The predicted molar refractivity (Wildman–Crippen MR) is 63.0 cm³/mol. The van der Waals surface area contributed by atoms with Crippen molar-refractivity contribution in [1.29, 1.82) is 0 Å². The molecule has 1 fully saturated rings. The molecule has 0 bridgehead atoms. The zero-order valence-electron chi connectivity index (χ0n) is 8.74. The van der Waals surface area contributed by atoms with Gasteiger partial charge in [-0.15, -0.1) is 11.3 Å². The van der Waals surface area contributed by atoms with Crippen LogP contribution in [0.25, 0.3) is 0 Å². The smallest absolute Gasteiger partial charge is 0.123 e. The molecule has 2 heterocycles. The van der Waals surface area contributed by atoms with Gasteiger partial charge < -0.3 is 9.84 Å². The zero-order chi connectivity index (χ0) is 11.1. The highest BCUT2D eigenvalue weighted by molar-refractivity contribution is 9.10. The van der Waals surface area contributed by atoms with E-state index < -0.39 is 5.60 Å². The van der Waals surface area contributed by atoms with E-state index in [1.807, 2.05) is 13.8 Å². The zero-order valence-corrected chi connectivity index (χ0v) is 11.1. The van der Waals surface area contributed by atoms with Crippen LogP contribution in [0.2, 0.25) is 0 Å². The molecule has 2 atom stereocenters. The molecule has 2 unspecified atom stereocenters. The Labute approximate surface area is 102 Å². The Bertz CT molecular complexity index is 345. The van der Waals surface area contributed by atoms with Crippen LogP contribution in [-0.4, -0.2) is 22.3 Å². The Hall–Kier alpha value is 0.0300. The van der Waals surface area contributed by atoms with Gasteiger partial charge in [-0.2, -0.15) is 0 Å². The van der Waals surface area contributed by atoms with Gasteiger partial charge in [-0.05, 0) is 29.8 Å². The fourth-order valence-corrected chi connectivity index (χ4v) is 3.93. The molecule has 1 aromatic heterocycles. The Kier molecular flexibility index (Phi) is 3.17. The molecule has 0 spiro atoms. The van der Waals surface area contributed by atoms with Gasteiger partial charge in [-0.25, -0.2) is 4.98 Å². The van der Waals surface area contributed by atoms with Gasteiger partial charge in [0.05, 0.1) is 22.6 Å². The van der Waals surface area contributed by atoms with Gasteiger partial charge in [0.2, 0.25) is 0 Å². The van der Waals surface area contributed by atoms with Crippen molar-refractivity contribution in [1.82, 2.24) is 4.98 Å². The molecule has 5 heteroatoms. The Morgan fingerprint density at radius 2 is 2.13 bits per heavy atom. The SMILES string of the molecule is CC1CC(O)(c2scnc2Br)CC(C)O1. The van der Waals surface area contributed by atoms with Crippen molar-refractivity contribution in [2.75, 3.05) is 0 Å². The summed E-state index contributed by atoms with van der Waals surface area (Å²) in [6.45, 7) is 3.99. The van der Waals surface area contributed by atoms with E-state index >= 15 is 0 Å². The van der Waals surface area contributed by atoms with Gasteiger partial charge >= 0.3 is 0 Å². The first-order valence-corrected chi connectivity index (χ1v) is 6.66. The molecule has 0 aliphatic carbocycles. The van der Waals surface area contributed by atoms with E-state index in [-0.39, 0.29) is 12.2 Å². The molecule has 0 amide bonds. The molecule has 3 nitrogen and oxygen atoms in total. The van der Waals surface area contributed by atoms with Crippen LogP contribution >= 0.6 is 27.3 Å². The van der Waals surface area contributed by atoms with E-state index in [0.29, 0.717) is 12.8 Å². The number of aromatic nitrogens is 1. The largest absolute Gasteiger partial charge is 0.384 e. The predicted octanol–water partition coefficient (Wildman–Crippen LogP) is 2.68. The molecular formula is C10H14BrNO2S. The summed E-state index contributed by atoms with van der Waals surface area (Å²) in [5.41, 5.74) is 0.971. The molecule has 0 saturated carbocycles. The maximum Gasteiger partial charge on any atom is 0.123 e. The van der Waals surface area contributed by atoms with E-state index in [1.165, 1.54) is 11.3 Å². The summed E-state index contributed by atoms with van der Waals surface area (Å²) >= 11 is 4.87. The number of aliphatic hydroxyl groups is 1. The van der Waals surface area contributed by atoms with Crippen molar-refractivity contribution in [3.8, 4) is 0 Å². The standard InChI is InChI=1S/C10H14BrNO2S/c1-6-3-10(13,4-7(2)14-6)8-9(11)12-5-15-8/h5-7,13H,3-4H2,1-2H3. The van der Waals surface area contributed by atoms with Gasteiger partial charge in [0.25, 0.3) is 0 Å². The minimum Gasteiger partial charge on any atom is -0.384 e. The molecule has 1 aromatic rings. The van der Waals surface area contributed by atoms with Crippen LogP contribution in [0.3, 0.4) is 0 Å². The third-order valence-electron chi connectivity index (χ3n) is 2.66. The fraction of sp³-hybridized carbons (Fsp3) is 0.700. The van der Waals surface area contributed by atoms with Crippen LogP contribution in [0, 0.1) is 0 Å². The minimum atomic E-state index is -0.781. The monoisotopic (exact) mass is 291 g/mol. The number of ether oxygens (including phenoxy) is 1. The second kappa shape index (κ2) is 4.13. The van der Waals surface area contributed by atoms with Gasteiger partial charge in [0.15, 0.2) is 0 Å². The van der Waals surface area contributed by atoms with Gasteiger partial charge in [0, 0.05) is 12.8 Å². The number of hydrogen-bond donors (Lipinski definition) is 1. The fourth-order valence-electron chi connectivity index (χ4n) is 2.25. The first-order chi connectivity index (χ1) is 7.01. The Morgan fingerprint density at radius 3 is 2.60 bits per heavy atom. The van der Waals surface area contributed by atoms with Crippen LogP contribution in [0.5, 0.6) is 0 Å². The first kappa shape index (κ1) is 11.5. The molecule has 84 valence electrons. The number of hydrogen-bond acceptors (Lipinski definition) is 4. The molecule has 1 aliphatic heterocycles. The summed E-state index contributed by atoms with van der Waals surface area (Å²) in [6, 6.07) is 0. The molecule has 15 heavy (non-hydrogen) atoms. The summed E-state index contributed by atoms with van der Waals surface area (Å²) in [5.74, 6) is 0. The van der Waals surface area contributed by atoms with Crippen LogP contribution in [0.4, 0.5) is 0 Å². The highest BCUT2D eigenvalue weighted by atomic mass is 79.9. The van der Waals surface area contributed by atoms with Gasteiger partial charge in [0.1, 0.15) is 10.2 Å². The quantitative estimate of drug-likeness (QED) is 0.865. The highest BCUT2D eigenvalue weighted by Crippen LogP contribution is 2.41. The van der Waals surface area contributed by atoms with Crippen LogP contribution < -0.4 is 0 Å². The van der Waals surface area contributed by atoms with Gasteiger partial charge in [-0.1, -0.05) is 0 Å². The van der Waals surface area contributed by atoms with E-state index in [0.717, 1.165) is 9.48 Å². The second-order valence-corrected chi connectivity index (χ2v) is 5.78. The van der Waals surface area contributed by atoms with Crippen molar-refractivity contribution < 1.29 is 9.84 Å². The summed E-state index contributed by atoms with van der Waals surface area (Å²) in [6.07, 6.45) is 1.46. The summed E-state index contributed by atoms with van der Waals surface area (Å²) < 4.78 is 6.39. The molecular weight excluding hydrogens is 278 g/mol. The van der Waals surface area contributed by atoms with E-state index in [1.54, 1.807) is 5.51 Å². The van der Waals surface area contributed by atoms with Crippen molar-refractivity contribution in [3.05, 3.63) is 15.0 Å². The second-order valence-electron chi connectivity index (χ2n) is 4.17. The number of halogens is 1. The van der Waals surface area contributed by atoms with Crippen molar-refractivity contribution >= 4 is 27.3 Å². The Balaban J connectivity index is 2.29. The number of nitrogens with zero attached hydrogens (tertiary/aromatic N) is 1. The maximum atomic E-state index is 10.6. The van der Waals surface area contributed by atoms with Gasteiger partial charge in [-0.3, -0.25) is 0 Å². The molecule has 2 rings (SSSR count). The molecule has 0 radical (unpaired) electrons. The summed E-state index contributed by atoms with van der Waals surface area (Å²) in [5, 5.41) is 10.6. The number of rotatable bonds is 1. The van der Waals surface area contributed by atoms with Crippen LogP contribution in [-0.2, 0) is 10.3 Å². The third kappa shape index (κ3) is 2.25. The normalized spacial score (nSPS) is 36.8. The maximum absolute atomic E-state index is 10.6. The third-order valence-corrected chi connectivity index (χ3v) is 4.55. The molecule has 1 N–H and O–H groups in total. The van der Waals surface area contributed by atoms with Crippen molar-refractivity contribution in [2.24, 2.45) is 0 Å². The molecule has 0 aromatic carbocycles. The Morgan fingerprint density at radius 1 is 1.53 bits per heavy atom. The highest BCUT2D eigenvalue weighted by Gasteiger charge is 2.40. The van der Waals surface area contributed by atoms with E-state index in [4.69, 9.17) is 4.74 Å². The van der Waals surface area contributed by atoms with E-state index in [2.05, 4.69) is 20.9 Å². The summed E-state index contributed by atoms with van der Waals surface area (Å²) in [7, 11) is 0. The summed E-state index contributed by atoms with van der Waals surface area (Å²) in [4.78, 5) is 5.04. The lowest BCUT2D eigenvalue weighted by Crippen LogP contribution is -2.40. The first-order valence-electron chi connectivity index (χ1n) is 4.98. The lowest BCUT2D eigenvalue weighted by molar-refractivity contribution is -0.134. The molecule has 1 saturated heterocycles. The number of thiazole rings is 1. The van der Waals surface area contributed by atoms with E-state index in [9.17, 15) is 5.11 Å². The van der Waals surface area contributed by atoms with Crippen molar-refractivity contribution in [3.63, 3.8) is 0 Å². The average Bonchev–Trinajstić information content (AvgIpc) is 2.48. The van der Waals surface area contributed by atoms with Crippen molar-refractivity contribution in [2.45, 2.75) is 44.5 Å². The lowest BCUT2D eigenvalue weighted by Gasteiger charge is -2.38. The van der Waals surface area contributed by atoms with Crippen LogP contribution in [0.15, 0.2) is 10.1 Å². The topological polar surface area (TPSA) is 42.4 Å². The average molecular weight is 292 g/mol. The minimum absolute atomic E-state index is 0.0905. The molecule has 1 aliphatic rings.